The van der Waals surface area contributed by atoms with E-state index in [9.17, 15) is 9.59 Å². The highest BCUT2D eigenvalue weighted by Crippen LogP contribution is 2.25. The summed E-state index contributed by atoms with van der Waals surface area (Å²) in [6, 6.07) is 7.57. The summed E-state index contributed by atoms with van der Waals surface area (Å²) in [6.45, 7) is 2.90. The lowest BCUT2D eigenvalue weighted by Gasteiger charge is -2.22. The molecule has 0 unspecified atom stereocenters. The fraction of sp³-hybridized carbons (Fsp3) is 0.556. The number of nitrogens with zero attached hydrogens (tertiary/aromatic N) is 2. The molecule has 0 heterocycles. The Morgan fingerprint density at radius 1 is 1.17 bits per heavy atom. The zero-order chi connectivity index (χ0) is 16.8. The largest absolute Gasteiger partial charge is 0.342 e. The number of amides is 3. The van der Waals surface area contributed by atoms with Gasteiger partial charge in [-0.3, -0.25) is 4.79 Å². The van der Waals surface area contributed by atoms with Crippen LogP contribution >= 0.6 is 0 Å². The van der Waals surface area contributed by atoms with E-state index < -0.39 is 0 Å². The van der Waals surface area contributed by atoms with Crippen molar-refractivity contribution in [2.45, 2.75) is 39.2 Å². The highest BCUT2D eigenvalue weighted by molar-refractivity contribution is 5.89. The molecule has 5 heteroatoms. The highest BCUT2D eigenvalue weighted by Gasteiger charge is 2.19. The Bertz CT molecular complexity index is 553. The van der Waals surface area contributed by atoms with Gasteiger partial charge in [0.1, 0.15) is 0 Å². The van der Waals surface area contributed by atoms with Gasteiger partial charge in [-0.25, -0.2) is 4.79 Å². The zero-order valence-electron chi connectivity index (χ0n) is 14.3. The number of benzene rings is 1. The van der Waals surface area contributed by atoms with E-state index in [0.29, 0.717) is 12.5 Å². The van der Waals surface area contributed by atoms with Gasteiger partial charge in [0, 0.05) is 39.8 Å². The molecule has 2 rings (SSSR count). The fourth-order valence-corrected chi connectivity index (χ4v) is 3.01. The van der Waals surface area contributed by atoms with Crippen molar-refractivity contribution in [2.24, 2.45) is 5.92 Å². The number of hydrogen-bond donors (Lipinski definition) is 1. The highest BCUT2D eigenvalue weighted by atomic mass is 16.2. The van der Waals surface area contributed by atoms with Gasteiger partial charge in [-0.2, -0.15) is 0 Å². The summed E-state index contributed by atoms with van der Waals surface area (Å²) < 4.78 is 0. The SMILES string of the molecule is CC(=O)N(C)Cc1cccc(NC(=O)N(C)CC2CCCC2)c1. The normalized spacial score (nSPS) is 14.6. The van der Waals surface area contributed by atoms with E-state index in [1.54, 1.807) is 23.8 Å². The van der Waals surface area contributed by atoms with Crippen LogP contribution in [0, 0.1) is 5.92 Å². The van der Waals surface area contributed by atoms with Gasteiger partial charge in [0.15, 0.2) is 0 Å². The molecule has 0 radical (unpaired) electrons. The van der Waals surface area contributed by atoms with Crippen LogP contribution in [0.3, 0.4) is 0 Å². The molecule has 1 aliphatic rings. The van der Waals surface area contributed by atoms with Gasteiger partial charge in [0.25, 0.3) is 0 Å². The maximum atomic E-state index is 12.3. The van der Waals surface area contributed by atoms with Gasteiger partial charge in [-0.15, -0.1) is 0 Å². The quantitative estimate of drug-likeness (QED) is 0.906. The molecule has 0 spiro atoms. The molecule has 1 N–H and O–H groups in total. The van der Waals surface area contributed by atoms with Crippen LogP contribution in [-0.2, 0) is 11.3 Å². The Labute approximate surface area is 138 Å². The lowest BCUT2D eigenvalue weighted by molar-refractivity contribution is -0.128. The number of carbonyl (C=O) groups is 2. The maximum absolute atomic E-state index is 12.3. The molecular formula is C18H27N3O2. The van der Waals surface area contributed by atoms with Gasteiger partial charge in [-0.05, 0) is 36.5 Å². The van der Waals surface area contributed by atoms with Gasteiger partial charge in [0.05, 0.1) is 0 Å². The molecule has 3 amide bonds. The van der Waals surface area contributed by atoms with Gasteiger partial charge >= 0.3 is 6.03 Å². The first-order chi connectivity index (χ1) is 11.0. The van der Waals surface area contributed by atoms with Crippen molar-refractivity contribution in [2.75, 3.05) is 26.0 Å². The van der Waals surface area contributed by atoms with Crippen LogP contribution in [0.1, 0.15) is 38.2 Å². The molecule has 1 saturated carbocycles. The number of hydrogen-bond acceptors (Lipinski definition) is 2. The molecule has 1 aliphatic carbocycles. The Hall–Kier alpha value is -2.04. The average Bonchev–Trinajstić information content (AvgIpc) is 3.00. The number of anilines is 1. The lowest BCUT2D eigenvalue weighted by Crippen LogP contribution is -2.34. The third-order valence-electron chi connectivity index (χ3n) is 4.49. The van der Waals surface area contributed by atoms with Crippen molar-refractivity contribution in [1.82, 2.24) is 9.80 Å². The van der Waals surface area contributed by atoms with Crippen LogP contribution in [0.5, 0.6) is 0 Å². The molecule has 0 aliphatic heterocycles. The summed E-state index contributed by atoms with van der Waals surface area (Å²) in [6.07, 6.45) is 5.02. The molecular weight excluding hydrogens is 290 g/mol. The second-order valence-electron chi connectivity index (χ2n) is 6.54. The number of nitrogens with one attached hydrogen (secondary N) is 1. The van der Waals surface area contributed by atoms with E-state index >= 15 is 0 Å². The summed E-state index contributed by atoms with van der Waals surface area (Å²) in [4.78, 5) is 27.0. The van der Waals surface area contributed by atoms with Crippen LogP contribution < -0.4 is 5.32 Å². The number of rotatable bonds is 5. The molecule has 1 fully saturated rings. The second-order valence-corrected chi connectivity index (χ2v) is 6.54. The maximum Gasteiger partial charge on any atom is 0.321 e. The summed E-state index contributed by atoms with van der Waals surface area (Å²) >= 11 is 0. The summed E-state index contributed by atoms with van der Waals surface area (Å²) in [5.41, 5.74) is 1.77. The van der Waals surface area contributed by atoms with Crippen LogP contribution in [0.2, 0.25) is 0 Å². The van der Waals surface area contributed by atoms with E-state index in [4.69, 9.17) is 0 Å². The van der Waals surface area contributed by atoms with Crippen molar-refractivity contribution in [3.05, 3.63) is 29.8 Å². The molecule has 5 nitrogen and oxygen atoms in total. The van der Waals surface area contributed by atoms with E-state index in [-0.39, 0.29) is 11.9 Å². The molecule has 0 atom stereocenters. The van der Waals surface area contributed by atoms with Crippen LogP contribution in [-0.4, -0.2) is 42.4 Å². The molecule has 23 heavy (non-hydrogen) atoms. The average molecular weight is 317 g/mol. The first-order valence-corrected chi connectivity index (χ1v) is 8.28. The predicted octanol–water partition coefficient (Wildman–Crippen LogP) is 3.32. The Balaban J connectivity index is 1.90. The first-order valence-electron chi connectivity index (χ1n) is 8.28. The summed E-state index contributed by atoms with van der Waals surface area (Å²) in [7, 11) is 3.62. The van der Waals surface area contributed by atoms with Crippen molar-refractivity contribution >= 4 is 17.6 Å². The molecule has 1 aromatic rings. The zero-order valence-corrected chi connectivity index (χ0v) is 14.3. The van der Waals surface area contributed by atoms with Crippen LogP contribution in [0.15, 0.2) is 24.3 Å². The van der Waals surface area contributed by atoms with Gasteiger partial charge in [-0.1, -0.05) is 25.0 Å². The first kappa shape index (κ1) is 17.3. The minimum absolute atomic E-state index is 0.0238. The van der Waals surface area contributed by atoms with Crippen LogP contribution in [0.25, 0.3) is 0 Å². The van der Waals surface area contributed by atoms with Crippen LogP contribution in [0.4, 0.5) is 10.5 Å². The van der Waals surface area contributed by atoms with Crippen molar-refractivity contribution in [3.8, 4) is 0 Å². The van der Waals surface area contributed by atoms with E-state index in [2.05, 4.69) is 5.32 Å². The van der Waals surface area contributed by atoms with Gasteiger partial charge in [0.2, 0.25) is 5.91 Å². The number of urea groups is 1. The third-order valence-corrected chi connectivity index (χ3v) is 4.49. The lowest BCUT2D eigenvalue weighted by atomic mass is 10.1. The molecule has 0 bridgehead atoms. The fourth-order valence-electron chi connectivity index (χ4n) is 3.01. The van der Waals surface area contributed by atoms with E-state index in [0.717, 1.165) is 17.8 Å². The smallest absolute Gasteiger partial charge is 0.321 e. The monoisotopic (exact) mass is 317 g/mol. The molecule has 0 saturated heterocycles. The second kappa shape index (κ2) is 7.99. The van der Waals surface area contributed by atoms with Crippen molar-refractivity contribution < 1.29 is 9.59 Å². The topological polar surface area (TPSA) is 52.7 Å². The molecule has 1 aromatic carbocycles. The third kappa shape index (κ3) is 5.27. The summed E-state index contributed by atoms with van der Waals surface area (Å²) in [5, 5.41) is 2.94. The molecule has 0 aromatic heterocycles. The Kier molecular flexibility index (Phi) is 6.02. The standard InChI is InChI=1S/C18H27N3O2/c1-14(22)20(2)13-16-9-6-10-17(11-16)19-18(23)21(3)12-15-7-4-5-8-15/h6,9-11,15H,4-5,7-8,12-13H2,1-3H3,(H,19,23). The molecule has 126 valence electrons. The van der Waals surface area contributed by atoms with E-state index in [1.807, 2.05) is 31.3 Å². The van der Waals surface area contributed by atoms with Gasteiger partial charge < -0.3 is 15.1 Å². The Morgan fingerprint density at radius 2 is 1.87 bits per heavy atom. The summed E-state index contributed by atoms with van der Waals surface area (Å²) in [5.74, 6) is 0.664. The Morgan fingerprint density at radius 3 is 2.52 bits per heavy atom. The minimum atomic E-state index is -0.0750. The van der Waals surface area contributed by atoms with E-state index in [1.165, 1.54) is 25.7 Å². The predicted molar refractivity (Wildman–Crippen MR) is 92.2 cm³/mol. The van der Waals surface area contributed by atoms with Crippen molar-refractivity contribution in [1.29, 1.82) is 0 Å². The number of carbonyl (C=O) groups excluding carboxylic acids is 2. The minimum Gasteiger partial charge on any atom is -0.342 e. The van der Waals surface area contributed by atoms with Crippen molar-refractivity contribution in [3.63, 3.8) is 0 Å².